The maximum absolute atomic E-state index is 12.6. The number of amidine groups is 2. The number of aliphatic imine (C=N–C) groups is 1. The van der Waals surface area contributed by atoms with Crippen LogP contribution in [0.5, 0.6) is 0 Å². The fourth-order valence-electron chi connectivity index (χ4n) is 3.17. The van der Waals surface area contributed by atoms with E-state index >= 15 is 0 Å². The normalized spacial score (nSPS) is 17.1. The monoisotopic (exact) mass is 446 g/mol. The molecule has 3 aromatic rings. The first kappa shape index (κ1) is 19.5. The highest BCUT2D eigenvalue weighted by atomic mass is 35.5. The number of furan rings is 1. The van der Waals surface area contributed by atoms with Gasteiger partial charge in [0.25, 0.3) is 5.91 Å². The SMILES string of the molecule is Cc1ccc(C2=NN3C(=N)/C(=C/c4ccc(-c5cccc(Cl)c5)o4)C(=O)N=C3S2)cc1. The van der Waals surface area contributed by atoms with E-state index in [2.05, 4.69) is 10.1 Å². The molecule has 0 aliphatic carbocycles. The zero-order valence-corrected chi connectivity index (χ0v) is 17.9. The molecule has 31 heavy (non-hydrogen) atoms. The topological polar surface area (TPSA) is 82.0 Å². The molecule has 2 aromatic carbocycles. The summed E-state index contributed by atoms with van der Waals surface area (Å²) in [5.41, 5.74) is 3.00. The minimum absolute atomic E-state index is 0.0367. The quantitative estimate of drug-likeness (QED) is 0.533. The van der Waals surface area contributed by atoms with Gasteiger partial charge in [-0.25, -0.2) is 0 Å². The summed E-state index contributed by atoms with van der Waals surface area (Å²) in [6.07, 6.45) is 1.52. The summed E-state index contributed by atoms with van der Waals surface area (Å²) in [5.74, 6) is 0.524. The third kappa shape index (κ3) is 3.73. The van der Waals surface area contributed by atoms with Crippen molar-refractivity contribution in [3.63, 3.8) is 0 Å². The minimum Gasteiger partial charge on any atom is -0.457 e. The molecule has 1 aromatic heterocycles. The van der Waals surface area contributed by atoms with Gasteiger partial charge in [0.1, 0.15) is 16.6 Å². The second kappa shape index (κ2) is 7.68. The summed E-state index contributed by atoms with van der Waals surface area (Å²) in [6, 6.07) is 18.7. The van der Waals surface area contributed by atoms with Crippen molar-refractivity contribution in [3.05, 3.63) is 88.1 Å². The highest BCUT2D eigenvalue weighted by Crippen LogP contribution is 2.32. The fourth-order valence-corrected chi connectivity index (χ4v) is 4.26. The van der Waals surface area contributed by atoms with E-state index in [4.69, 9.17) is 21.4 Å². The lowest BCUT2D eigenvalue weighted by Crippen LogP contribution is -2.35. The Morgan fingerprint density at radius 3 is 2.68 bits per heavy atom. The van der Waals surface area contributed by atoms with Crippen LogP contribution in [0.1, 0.15) is 16.9 Å². The average Bonchev–Trinajstić information content (AvgIpc) is 3.39. The number of nitrogens with one attached hydrogen (secondary N) is 1. The van der Waals surface area contributed by atoms with E-state index in [1.165, 1.54) is 22.8 Å². The Morgan fingerprint density at radius 1 is 1.10 bits per heavy atom. The number of thioether (sulfide) groups is 1. The molecule has 2 aliphatic heterocycles. The molecule has 0 bridgehead atoms. The maximum atomic E-state index is 12.6. The second-order valence-corrected chi connectivity index (χ2v) is 8.40. The molecule has 0 fully saturated rings. The number of rotatable bonds is 3. The number of halogens is 1. The number of benzene rings is 2. The predicted octanol–water partition coefficient (Wildman–Crippen LogP) is 5.58. The van der Waals surface area contributed by atoms with Crippen LogP contribution < -0.4 is 0 Å². The highest BCUT2D eigenvalue weighted by molar-refractivity contribution is 8.27. The number of carbonyl (C=O) groups is 1. The van der Waals surface area contributed by atoms with Crippen LogP contribution in [-0.2, 0) is 4.79 Å². The molecule has 0 unspecified atom stereocenters. The lowest BCUT2D eigenvalue weighted by Gasteiger charge is -2.19. The largest absolute Gasteiger partial charge is 0.457 e. The molecule has 0 atom stereocenters. The summed E-state index contributed by atoms with van der Waals surface area (Å²) in [4.78, 5) is 16.7. The van der Waals surface area contributed by atoms with Crippen molar-refractivity contribution in [3.8, 4) is 11.3 Å². The summed E-state index contributed by atoms with van der Waals surface area (Å²) in [5, 5.41) is 16.1. The Kier molecular flexibility index (Phi) is 4.84. The van der Waals surface area contributed by atoms with Crippen molar-refractivity contribution in [2.45, 2.75) is 6.92 Å². The van der Waals surface area contributed by atoms with Crippen molar-refractivity contribution in [1.29, 1.82) is 5.41 Å². The van der Waals surface area contributed by atoms with Crippen molar-refractivity contribution >= 4 is 51.4 Å². The Balaban J connectivity index is 1.44. The Bertz CT molecular complexity index is 1320. The van der Waals surface area contributed by atoms with E-state index in [1.807, 2.05) is 43.3 Å². The van der Waals surface area contributed by atoms with Crippen LogP contribution in [0.3, 0.4) is 0 Å². The van der Waals surface area contributed by atoms with Gasteiger partial charge in [-0.2, -0.15) is 15.1 Å². The van der Waals surface area contributed by atoms with Crippen LogP contribution in [0.2, 0.25) is 5.02 Å². The maximum Gasteiger partial charge on any atom is 0.283 e. The van der Waals surface area contributed by atoms with E-state index in [1.54, 1.807) is 24.3 Å². The first-order chi connectivity index (χ1) is 15.0. The van der Waals surface area contributed by atoms with Crippen molar-refractivity contribution in [1.82, 2.24) is 5.01 Å². The van der Waals surface area contributed by atoms with Crippen molar-refractivity contribution in [2.75, 3.05) is 0 Å². The Hall–Kier alpha value is -3.42. The molecular weight excluding hydrogens is 432 g/mol. The Labute approximate surface area is 187 Å². The standard InChI is InChI=1S/C23H15ClN4O2S/c1-13-5-7-14(8-6-13)22-27-28-20(25)18(21(29)26-23(28)31-22)12-17-9-10-19(30-17)15-3-2-4-16(24)11-15/h2-12,25H,1H3/b18-12-,25-20?. The van der Waals surface area contributed by atoms with Gasteiger partial charge in [-0.3, -0.25) is 10.2 Å². The minimum atomic E-state index is -0.496. The summed E-state index contributed by atoms with van der Waals surface area (Å²) in [6.45, 7) is 2.01. The number of nitrogens with zero attached hydrogens (tertiary/aromatic N) is 3. The number of fused-ring (bicyclic) bond motifs is 1. The molecule has 0 saturated carbocycles. The first-order valence-corrected chi connectivity index (χ1v) is 10.6. The van der Waals surface area contributed by atoms with Crippen LogP contribution in [0.15, 0.2) is 80.7 Å². The molecule has 1 amide bonds. The van der Waals surface area contributed by atoms with Crippen LogP contribution >= 0.6 is 23.4 Å². The lowest BCUT2D eigenvalue weighted by atomic mass is 10.1. The third-order valence-electron chi connectivity index (χ3n) is 4.78. The van der Waals surface area contributed by atoms with Crippen LogP contribution in [0, 0.1) is 12.3 Å². The van der Waals surface area contributed by atoms with E-state index in [9.17, 15) is 4.79 Å². The van der Waals surface area contributed by atoms with Gasteiger partial charge in [-0.1, -0.05) is 53.6 Å². The van der Waals surface area contributed by atoms with E-state index < -0.39 is 5.91 Å². The van der Waals surface area contributed by atoms with E-state index in [0.29, 0.717) is 26.8 Å². The number of hydrazone groups is 1. The number of hydrogen-bond acceptors (Lipinski definition) is 5. The van der Waals surface area contributed by atoms with Gasteiger partial charge >= 0.3 is 0 Å². The van der Waals surface area contributed by atoms with Crippen molar-refractivity contribution < 1.29 is 9.21 Å². The molecule has 2 aliphatic rings. The first-order valence-electron chi connectivity index (χ1n) is 9.41. The number of aryl methyl sites for hydroxylation is 1. The van der Waals surface area contributed by atoms with Gasteiger partial charge < -0.3 is 4.42 Å². The van der Waals surface area contributed by atoms with E-state index in [-0.39, 0.29) is 11.4 Å². The van der Waals surface area contributed by atoms with Crippen molar-refractivity contribution in [2.24, 2.45) is 10.1 Å². The third-order valence-corrected chi connectivity index (χ3v) is 5.97. The number of hydrogen-bond donors (Lipinski definition) is 1. The van der Waals surface area contributed by atoms with Crippen LogP contribution in [0.25, 0.3) is 17.4 Å². The molecule has 0 saturated heterocycles. The molecule has 5 rings (SSSR count). The Morgan fingerprint density at radius 2 is 1.90 bits per heavy atom. The second-order valence-electron chi connectivity index (χ2n) is 7.00. The molecule has 152 valence electrons. The van der Waals surface area contributed by atoms with Crippen LogP contribution in [-0.4, -0.2) is 27.0 Å². The molecule has 8 heteroatoms. The number of amides is 1. The smallest absolute Gasteiger partial charge is 0.283 e. The van der Waals surface area contributed by atoms with Gasteiger partial charge in [0.2, 0.25) is 5.17 Å². The molecule has 0 spiro atoms. The van der Waals surface area contributed by atoms with Gasteiger partial charge in [0.05, 0.1) is 5.57 Å². The molecular formula is C23H15ClN4O2S. The zero-order chi connectivity index (χ0) is 21.5. The lowest BCUT2D eigenvalue weighted by molar-refractivity contribution is -0.114. The predicted molar refractivity (Wildman–Crippen MR) is 124 cm³/mol. The average molecular weight is 447 g/mol. The summed E-state index contributed by atoms with van der Waals surface area (Å²) >= 11 is 7.32. The zero-order valence-electron chi connectivity index (χ0n) is 16.3. The summed E-state index contributed by atoms with van der Waals surface area (Å²) < 4.78 is 5.85. The highest BCUT2D eigenvalue weighted by Gasteiger charge is 2.36. The fraction of sp³-hybridized carbons (Fsp3) is 0.0435. The molecule has 6 nitrogen and oxygen atoms in total. The van der Waals surface area contributed by atoms with Crippen LogP contribution in [0.4, 0.5) is 0 Å². The summed E-state index contributed by atoms with van der Waals surface area (Å²) in [7, 11) is 0. The molecule has 3 heterocycles. The van der Waals surface area contributed by atoms with Gasteiger partial charge in [0.15, 0.2) is 5.84 Å². The molecule has 0 radical (unpaired) electrons. The van der Waals surface area contributed by atoms with Gasteiger partial charge in [-0.05, 0) is 49.0 Å². The molecule has 1 N–H and O–H groups in total. The number of carbonyl (C=O) groups excluding carboxylic acids is 1. The van der Waals surface area contributed by atoms with Gasteiger partial charge in [0, 0.05) is 16.1 Å². The van der Waals surface area contributed by atoms with Gasteiger partial charge in [-0.15, -0.1) is 0 Å². The van der Waals surface area contributed by atoms with E-state index in [0.717, 1.165) is 16.7 Å².